The van der Waals surface area contributed by atoms with Gasteiger partial charge in [0.05, 0.1) is 17.3 Å². The van der Waals surface area contributed by atoms with Gasteiger partial charge in [-0.15, -0.1) is 0 Å². The molecule has 0 N–H and O–H groups in total. The topological polar surface area (TPSA) is 71.5 Å². The molecule has 1 heterocycles. The highest BCUT2D eigenvalue weighted by Crippen LogP contribution is 2.15. The van der Waals surface area contributed by atoms with E-state index in [0.29, 0.717) is 0 Å². The molecule has 0 aliphatic carbocycles. The maximum atomic E-state index is 12.2. The van der Waals surface area contributed by atoms with Crippen LogP contribution in [0.3, 0.4) is 0 Å². The average Bonchev–Trinajstić information content (AvgIpc) is 2.31. The van der Waals surface area contributed by atoms with Crippen LogP contribution >= 0.6 is 0 Å². The lowest BCUT2D eigenvalue weighted by Gasteiger charge is -2.25. The quantitative estimate of drug-likeness (QED) is 0.818. The Morgan fingerprint density at radius 1 is 1.11 bits per heavy atom. The number of sulfonamides is 1. The molecule has 0 amide bonds. The summed E-state index contributed by atoms with van der Waals surface area (Å²) in [4.78, 5) is 0. The standard InChI is InChI=1S/C12H17NO4S2/c1-11-2-4-12(5-3-11)10-19(16,17)13-6-8-18(14,15)9-7-13/h2-5H,6-10H2,1H3. The van der Waals surface area contributed by atoms with Crippen molar-refractivity contribution in [3.8, 4) is 0 Å². The van der Waals surface area contributed by atoms with E-state index >= 15 is 0 Å². The van der Waals surface area contributed by atoms with Crippen LogP contribution in [0.4, 0.5) is 0 Å². The molecule has 7 heteroatoms. The third-order valence-electron chi connectivity index (χ3n) is 3.17. The molecule has 1 aromatic carbocycles. The zero-order chi connectivity index (χ0) is 14.1. The van der Waals surface area contributed by atoms with Gasteiger partial charge in [0.1, 0.15) is 0 Å². The van der Waals surface area contributed by atoms with Crippen LogP contribution in [0, 0.1) is 6.92 Å². The third-order valence-corrected chi connectivity index (χ3v) is 6.63. The molecule has 1 saturated heterocycles. The molecule has 1 fully saturated rings. The molecule has 2 rings (SSSR count). The minimum absolute atomic E-state index is 0.0660. The van der Waals surface area contributed by atoms with Crippen LogP contribution in [0.25, 0.3) is 0 Å². The van der Waals surface area contributed by atoms with E-state index < -0.39 is 19.9 Å². The summed E-state index contributed by atoms with van der Waals surface area (Å²) in [7, 11) is -6.49. The fourth-order valence-electron chi connectivity index (χ4n) is 1.96. The van der Waals surface area contributed by atoms with Crippen LogP contribution in [-0.2, 0) is 25.6 Å². The van der Waals surface area contributed by atoms with Gasteiger partial charge in [0.15, 0.2) is 9.84 Å². The number of nitrogens with zero attached hydrogens (tertiary/aromatic N) is 1. The monoisotopic (exact) mass is 303 g/mol. The van der Waals surface area contributed by atoms with E-state index in [9.17, 15) is 16.8 Å². The minimum Gasteiger partial charge on any atom is -0.229 e. The second-order valence-electron chi connectivity index (χ2n) is 4.79. The maximum absolute atomic E-state index is 12.2. The molecule has 1 aromatic rings. The van der Waals surface area contributed by atoms with Crippen LogP contribution in [0.2, 0.25) is 0 Å². The Bertz CT molecular complexity index is 633. The van der Waals surface area contributed by atoms with Gasteiger partial charge in [-0.25, -0.2) is 16.8 Å². The molecule has 1 aliphatic heterocycles. The van der Waals surface area contributed by atoms with Crippen molar-refractivity contribution < 1.29 is 16.8 Å². The molecular formula is C12H17NO4S2. The van der Waals surface area contributed by atoms with Crippen LogP contribution in [0.5, 0.6) is 0 Å². The number of aryl methyl sites for hydroxylation is 1. The Morgan fingerprint density at radius 2 is 1.63 bits per heavy atom. The lowest BCUT2D eigenvalue weighted by Crippen LogP contribution is -2.44. The highest BCUT2D eigenvalue weighted by Gasteiger charge is 2.29. The molecule has 0 saturated carbocycles. The Kier molecular flexibility index (Phi) is 3.98. The van der Waals surface area contributed by atoms with E-state index in [1.807, 2.05) is 19.1 Å². The first-order valence-corrected chi connectivity index (χ1v) is 9.45. The van der Waals surface area contributed by atoms with Crippen molar-refractivity contribution in [3.63, 3.8) is 0 Å². The van der Waals surface area contributed by atoms with E-state index in [1.165, 1.54) is 4.31 Å². The number of benzene rings is 1. The van der Waals surface area contributed by atoms with Gasteiger partial charge in [-0.1, -0.05) is 29.8 Å². The number of hydrogen-bond donors (Lipinski definition) is 0. The second-order valence-corrected chi connectivity index (χ2v) is 9.07. The zero-order valence-electron chi connectivity index (χ0n) is 10.7. The number of hydrogen-bond acceptors (Lipinski definition) is 4. The largest absolute Gasteiger partial charge is 0.229 e. The van der Waals surface area contributed by atoms with E-state index in [1.54, 1.807) is 12.1 Å². The van der Waals surface area contributed by atoms with Crippen molar-refractivity contribution >= 4 is 19.9 Å². The Morgan fingerprint density at radius 3 is 2.16 bits per heavy atom. The first kappa shape index (κ1) is 14.5. The number of sulfone groups is 1. The SMILES string of the molecule is Cc1ccc(CS(=O)(=O)N2CCS(=O)(=O)CC2)cc1. The van der Waals surface area contributed by atoms with Crippen molar-refractivity contribution in [1.29, 1.82) is 0 Å². The number of rotatable bonds is 3. The van der Waals surface area contributed by atoms with Crippen molar-refractivity contribution in [2.75, 3.05) is 24.6 Å². The van der Waals surface area contributed by atoms with Gasteiger partial charge < -0.3 is 0 Å². The fraction of sp³-hybridized carbons (Fsp3) is 0.500. The summed E-state index contributed by atoms with van der Waals surface area (Å²) in [6.07, 6.45) is 0. The highest BCUT2D eigenvalue weighted by molar-refractivity contribution is 7.92. The van der Waals surface area contributed by atoms with Gasteiger partial charge in [-0.05, 0) is 12.5 Å². The van der Waals surface area contributed by atoms with E-state index in [4.69, 9.17) is 0 Å². The van der Waals surface area contributed by atoms with Crippen LogP contribution in [0.15, 0.2) is 24.3 Å². The molecule has 0 atom stereocenters. The molecule has 0 bridgehead atoms. The van der Waals surface area contributed by atoms with Gasteiger partial charge in [-0.3, -0.25) is 0 Å². The summed E-state index contributed by atoms with van der Waals surface area (Å²) in [6, 6.07) is 7.30. The summed E-state index contributed by atoms with van der Waals surface area (Å²) in [5.41, 5.74) is 1.80. The molecule has 106 valence electrons. The van der Waals surface area contributed by atoms with Gasteiger partial charge in [-0.2, -0.15) is 4.31 Å². The molecule has 1 aliphatic rings. The molecular weight excluding hydrogens is 286 g/mol. The summed E-state index contributed by atoms with van der Waals surface area (Å²) in [5.74, 6) is -0.242. The summed E-state index contributed by atoms with van der Waals surface area (Å²) in [5, 5.41) is 0. The molecule has 0 aromatic heterocycles. The van der Waals surface area contributed by atoms with Gasteiger partial charge in [0.25, 0.3) is 0 Å². The van der Waals surface area contributed by atoms with Crippen LogP contribution < -0.4 is 0 Å². The van der Waals surface area contributed by atoms with E-state index in [0.717, 1.165) is 11.1 Å². The molecule has 19 heavy (non-hydrogen) atoms. The average molecular weight is 303 g/mol. The van der Waals surface area contributed by atoms with E-state index in [2.05, 4.69) is 0 Å². The van der Waals surface area contributed by atoms with Gasteiger partial charge >= 0.3 is 0 Å². The maximum Gasteiger partial charge on any atom is 0.218 e. The first-order valence-electron chi connectivity index (χ1n) is 6.02. The lowest BCUT2D eigenvalue weighted by atomic mass is 10.2. The predicted octanol–water partition coefficient (Wildman–Crippen LogP) is 0.555. The van der Waals surface area contributed by atoms with Crippen molar-refractivity contribution in [2.45, 2.75) is 12.7 Å². The molecule has 0 radical (unpaired) electrons. The van der Waals surface area contributed by atoms with Gasteiger partial charge in [0.2, 0.25) is 10.0 Å². The van der Waals surface area contributed by atoms with Crippen LogP contribution in [-0.4, -0.2) is 45.7 Å². The van der Waals surface area contributed by atoms with Crippen LogP contribution in [0.1, 0.15) is 11.1 Å². The Hall–Kier alpha value is -0.920. The first-order chi connectivity index (χ1) is 8.78. The summed E-state index contributed by atoms with van der Waals surface area (Å²) < 4.78 is 48.2. The van der Waals surface area contributed by atoms with Crippen molar-refractivity contribution in [1.82, 2.24) is 4.31 Å². The minimum atomic E-state index is -3.43. The fourth-order valence-corrected chi connectivity index (χ4v) is 4.93. The van der Waals surface area contributed by atoms with Crippen molar-refractivity contribution in [2.24, 2.45) is 0 Å². The normalized spacial score (nSPS) is 20.3. The predicted molar refractivity (Wildman–Crippen MR) is 74.0 cm³/mol. The summed E-state index contributed by atoms with van der Waals surface area (Å²) in [6.45, 7) is 2.07. The van der Waals surface area contributed by atoms with Crippen molar-refractivity contribution in [3.05, 3.63) is 35.4 Å². The molecule has 0 spiro atoms. The Labute approximate surface area is 114 Å². The summed E-state index contributed by atoms with van der Waals surface area (Å²) >= 11 is 0. The molecule has 0 unspecified atom stereocenters. The highest BCUT2D eigenvalue weighted by atomic mass is 32.2. The smallest absolute Gasteiger partial charge is 0.218 e. The Balaban J connectivity index is 2.09. The van der Waals surface area contributed by atoms with Gasteiger partial charge in [0, 0.05) is 13.1 Å². The van der Waals surface area contributed by atoms with E-state index in [-0.39, 0.29) is 30.3 Å². The third kappa shape index (κ3) is 3.77. The second kappa shape index (κ2) is 5.22. The molecule has 5 nitrogen and oxygen atoms in total. The lowest BCUT2D eigenvalue weighted by molar-refractivity contribution is 0.430. The zero-order valence-corrected chi connectivity index (χ0v) is 12.4.